The van der Waals surface area contributed by atoms with Crippen molar-refractivity contribution in [1.29, 1.82) is 0 Å². The minimum Gasteiger partial charge on any atom is -0.494 e. The number of amides is 1. The Kier molecular flexibility index (Phi) is 6.40. The molecule has 184 valence electrons. The van der Waals surface area contributed by atoms with Crippen molar-refractivity contribution in [1.82, 2.24) is 0 Å². The monoisotopic (exact) mass is 481 g/mol. The van der Waals surface area contributed by atoms with Gasteiger partial charge in [-0.25, -0.2) is 0 Å². The molecule has 5 nitrogen and oxygen atoms in total. The molecule has 0 N–H and O–H groups in total. The quantitative estimate of drug-likeness (QED) is 0.266. The number of benzene rings is 3. The highest BCUT2D eigenvalue weighted by molar-refractivity contribution is 6.10. The summed E-state index contributed by atoms with van der Waals surface area (Å²) >= 11 is 0. The van der Waals surface area contributed by atoms with Crippen LogP contribution >= 0.6 is 0 Å². The van der Waals surface area contributed by atoms with Crippen LogP contribution in [0.3, 0.4) is 0 Å². The third-order valence-electron chi connectivity index (χ3n) is 6.96. The van der Waals surface area contributed by atoms with Crippen LogP contribution < -0.4 is 15.1 Å². The zero-order chi connectivity index (χ0) is 25.4. The van der Waals surface area contributed by atoms with Gasteiger partial charge in [-0.05, 0) is 85.8 Å². The SMILES string of the molecule is CCCCCOc1cccc(C2c3c(oc4cc(C)c(C)cc4c3=O)C(=O)N2c2cccc(C)c2)c1. The molecule has 5 rings (SSSR count). The van der Waals surface area contributed by atoms with E-state index in [1.54, 1.807) is 4.90 Å². The van der Waals surface area contributed by atoms with Crippen molar-refractivity contribution in [2.24, 2.45) is 0 Å². The minimum absolute atomic E-state index is 0.108. The summed E-state index contributed by atoms with van der Waals surface area (Å²) in [6, 6.07) is 18.6. The highest BCUT2D eigenvalue weighted by Gasteiger charge is 2.43. The van der Waals surface area contributed by atoms with Crippen molar-refractivity contribution in [3.63, 3.8) is 0 Å². The van der Waals surface area contributed by atoms with Crippen LogP contribution in [-0.4, -0.2) is 12.5 Å². The van der Waals surface area contributed by atoms with E-state index in [2.05, 4.69) is 6.92 Å². The Labute approximate surface area is 211 Å². The standard InChI is InChI=1S/C31H31NO4/c1-5-6-7-14-35-24-13-9-11-22(18-24)28-27-29(33)25-16-20(3)21(4)17-26(25)36-30(27)31(34)32(28)23-12-8-10-19(2)15-23/h8-13,15-18,28H,5-7,14H2,1-4H3. The second-order valence-electron chi connectivity index (χ2n) is 9.65. The molecule has 1 unspecified atom stereocenters. The molecule has 2 heterocycles. The first-order chi connectivity index (χ1) is 17.4. The van der Waals surface area contributed by atoms with Gasteiger partial charge in [-0.1, -0.05) is 44.0 Å². The zero-order valence-electron chi connectivity index (χ0n) is 21.3. The van der Waals surface area contributed by atoms with Crippen LogP contribution in [0.5, 0.6) is 5.75 Å². The Hall–Kier alpha value is -3.86. The molecule has 5 heteroatoms. The number of aryl methyl sites for hydroxylation is 3. The van der Waals surface area contributed by atoms with Crippen molar-refractivity contribution in [2.75, 3.05) is 11.5 Å². The van der Waals surface area contributed by atoms with Crippen molar-refractivity contribution in [3.8, 4) is 5.75 Å². The molecule has 0 bridgehead atoms. The van der Waals surface area contributed by atoms with Crippen molar-refractivity contribution >= 4 is 22.6 Å². The molecule has 1 aliphatic rings. The summed E-state index contributed by atoms with van der Waals surface area (Å²) in [5.41, 5.74) is 5.22. The fourth-order valence-electron chi connectivity index (χ4n) is 4.90. The molecule has 1 amide bonds. The second-order valence-corrected chi connectivity index (χ2v) is 9.65. The summed E-state index contributed by atoms with van der Waals surface area (Å²) in [6.07, 6.45) is 3.21. The van der Waals surface area contributed by atoms with Gasteiger partial charge in [0.05, 0.1) is 23.6 Å². The number of hydrogen-bond donors (Lipinski definition) is 0. The number of rotatable bonds is 7. The van der Waals surface area contributed by atoms with E-state index in [1.165, 1.54) is 0 Å². The molecule has 1 aromatic heterocycles. The summed E-state index contributed by atoms with van der Waals surface area (Å²) in [7, 11) is 0. The molecule has 0 saturated carbocycles. The average Bonchev–Trinajstić information content (AvgIpc) is 3.16. The summed E-state index contributed by atoms with van der Waals surface area (Å²) < 4.78 is 12.2. The van der Waals surface area contributed by atoms with Gasteiger partial charge in [0, 0.05) is 5.69 Å². The van der Waals surface area contributed by atoms with Gasteiger partial charge in [0.2, 0.25) is 5.76 Å². The van der Waals surface area contributed by atoms with E-state index in [9.17, 15) is 9.59 Å². The number of unbranched alkanes of at least 4 members (excludes halogenated alkanes) is 2. The topological polar surface area (TPSA) is 59.8 Å². The lowest BCUT2D eigenvalue weighted by Crippen LogP contribution is -2.29. The molecular weight excluding hydrogens is 450 g/mol. The normalized spacial score (nSPS) is 14.9. The van der Waals surface area contributed by atoms with Crippen LogP contribution in [0.15, 0.2) is 69.9 Å². The molecule has 4 aromatic rings. The Morgan fingerprint density at radius 3 is 2.47 bits per heavy atom. The summed E-state index contributed by atoms with van der Waals surface area (Å²) in [5, 5.41) is 0.493. The molecule has 1 aliphatic heterocycles. The number of fused-ring (bicyclic) bond motifs is 2. The predicted molar refractivity (Wildman–Crippen MR) is 143 cm³/mol. The molecule has 36 heavy (non-hydrogen) atoms. The number of carbonyl (C=O) groups excluding carboxylic acids is 1. The van der Waals surface area contributed by atoms with Crippen molar-refractivity contribution in [2.45, 2.75) is 53.0 Å². The lowest BCUT2D eigenvalue weighted by molar-refractivity contribution is 0.0971. The first-order valence-corrected chi connectivity index (χ1v) is 12.6. The number of nitrogens with zero attached hydrogens (tertiary/aromatic N) is 1. The van der Waals surface area contributed by atoms with Crippen LogP contribution in [0.2, 0.25) is 0 Å². The molecule has 0 radical (unpaired) electrons. The van der Waals surface area contributed by atoms with Crippen LogP contribution in [-0.2, 0) is 0 Å². The van der Waals surface area contributed by atoms with E-state index in [1.807, 2.05) is 81.4 Å². The van der Waals surface area contributed by atoms with Gasteiger partial charge in [0.15, 0.2) is 5.43 Å². The lowest BCUT2D eigenvalue weighted by atomic mass is 9.97. The van der Waals surface area contributed by atoms with Crippen molar-refractivity contribution in [3.05, 3.63) is 104 Å². The average molecular weight is 482 g/mol. The molecule has 1 atom stereocenters. The Balaban J connectivity index is 1.69. The van der Waals surface area contributed by atoms with Crippen LogP contribution in [0.4, 0.5) is 5.69 Å². The summed E-state index contributed by atoms with van der Waals surface area (Å²) in [5.74, 6) is 0.522. The maximum Gasteiger partial charge on any atom is 0.295 e. The number of hydrogen-bond acceptors (Lipinski definition) is 4. The molecule has 0 saturated heterocycles. The van der Waals surface area contributed by atoms with Gasteiger partial charge in [-0.2, -0.15) is 0 Å². The molecular formula is C31H31NO4. The second kappa shape index (κ2) is 9.65. The van der Waals surface area contributed by atoms with E-state index in [4.69, 9.17) is 9.15 Å². The molecule has 3 aromatic carbocycles. The van der Waals surface area contributed by atoms with Crippen LogP contribution in [0, 0.1) is 20.8 Å². The first kappa shape index (κ1) is 23.9. The van der Waals surface area contributed by atoms with Crippen molar-refractivity contribution < 1.29 is 13.9 Å². The van der Waals surface area contributed by atoms with Gasteiger partial charge in [-0.15, -0.1) is 0 Å². The largest absolute Gasteiger partial charge is 0.494 e. The number of ether oxygens (including phenoxy) is 1. The maximum atomic E-state index is 13.9. The van der Waals surface area contributed by atoms with Gasteiger partial charge in [-0.3, -0.25) is 14.5 Å². The van der Waals surface area contributed by atoms with Gasteiger partial charge in [0.25, 0.3) is 5.91 Å². The maximum absolute atomic E-state index is 13.9. The van der Waals surface area contributed by atoms with E-state index in [0.29, 0.717) is 23.1 Å². The molecule has 0 spiro atoms. The highest BCUT2D eigenvalue weighted by Crippen LogP contribution is 2.42. The van der Waals surface area contributed by atoms with Crippen LogP contribution in [0.1, 0.15) is 70.6 Å². The Bertz CT molecular complexity index is 1520. The van der Waals surface area contributed by atoms with E-state index in [0.717, 1.165) is 53.0 Å². The lowest BCUT2D eigenvalue weighted by Gasteiger charge is -2.26. The van der Waals surface area contributed by atoms with Gasteiger partial charge in [0.1, 0.15) is 11.3 Å². The zero-order valence-corrected chi connectivity index (χ0v) is 21.3. The van der Waals surface area contributed by atoms with Crippen LogP contribution in [0.25, 0.3) is 11.0 Å². The van der Waals surface area contributed by atoms with E-state index < -0.39 is 6.04 Å². The number of anilines is 1. The minimum atomic E-state index is -0.615. The third kappa shape index (κ3) is 4.19. The Morgan fingerprint density at radius 1 is 0.917 bits per heavy atom. The molecule has 0 aliphatic carbocycles. The van der Waals surface area contributed by atoms with Gasteiger partial charge >= 0.3 is 0 Å². The van der Waals surface area contributed by atoms with Gasteiger partial charge < -0.3 is 9.15 Å². The smallest absolute Gasteiger partial charge is 0.295 e. The fraction of sp³-hybridized carbons (Fsp3) is 0.290. The summed E-state index contributed by atoms with van der Waals surface area (Å²) in [6.45, 7) is 8.72. The molecule has 0 fully saturated rings. The van der Waals surface area contributed by atoms with E-state index >= 15 is 0 Å². The Morgan fingerprint density at radius 2 is 1.69 bits per heavy atom. The third-order valence-corrected chi connectivity index (χ3v) is 6.96. The first-order valence-electron chi connectivity index (χ1n) is 12.6. The number of carbonyl (C=O) groups is 1. The summed E-state index contributed by atoms with van der Waals surface area (Å²) in [4.78, 5) is 29.4. The van der Waals surface area contributed by atoms with E-state index in [-0.39, 0.29) is 17.1 Å². The highest BCUT2D eigenvalue weighted by atomic mass is 16.5. The predicted octanol–water partition coefficient (Wildman–Crippen LogP) is 7.04. The fourth-order valence-corrected chi connectivity index (χ4v) is 4.90.